The van der Waals surface area contributed by atoms with Gasteiger partial charge in [-0.1, -0.05) is 6.07 Å². The molecule has 0 spiro atoms. The summed E-state index contributed by atoms with van der Waals surface area (Å²) in [5, 5.41) is 9.33. The Kier molecular flexibility index (Phi) is 2.67. The third-order valence-corrected chi connectivity index (χ3v) is 2.81. The van der Waals surface area contributed by atoms with E-state index >= 15 is 0 Å². The SMILES string of the molecule is Oc1ccc2oc(-c3cccc(C(F)(F)F)c3)nc2c1. The summed E-state index contributed by atoms with van der Waals surface area (Å²) in [5.41, 5.74) is 0.253. The number of aromatic nitrogens is 1. The van der Waals surface area contributed by atoms with Gasteiger partial charge in [0, 0.05) is 11.6 Å². The van der Waals surface area contributed by atoms with Gasteiger partial charge in [-0.05, 0) is 30.3 Å². The molecule has 20 heavy (non-hydrogen) atoms. The molecule has 0 bridgehead atoms. The molecule has 0 atom stereocenters. The highest BCUT2D eigenvalue weighted by molar-refractivity contribution is 5.77. The van der Waals surface area contributed by atoms with Crippen LogP contribution < -0.4 is 0 Å². The second-order valence-corrected chi connectivity index (χ2v) is 4.25. The number of hydrogen-bond donors (Lipinski definition) is 1. The fourth-order valence-corrected chi connectivity index (χ4v) is 1.87. The van der Waals surface area contributed by atoms with Crippen molar-refractivity contribution in [2.75, 3.05) is 0 Å². The summed E-state index contributed by atoms with van der Waals surface area (Å²) >= 11 is 0. The Morgan fingerprint density at radius 3 is 2.60 bits per heavy atom. The van der Waals surface area contributed by atoms with Crippen molar-refractivity contribution in [3.8, 4) is 17.2 Å². The summed E-state index contributed by atoms with van der Waals surface area (Å²) < 4.78 is 43.4. The van der Waals surface area contributed by atoms with E-state index in [2.05, 4.69) is 4.98 Å². The Balaban J connectivity index is 2.11. The average Bonchev–Trinajstić information content (AvgIpc) is 2.81. The van der Waals surface area contributed by atoms with Crippen molar-refractivity contribution in [2.24, 2.45) is 0 Å². The molecule has 0 amide bonds. The van der Waals surface area contributed by atoms with Crippen molar-refractivity contribution >= 4 is 11.1 Å². The lowest BCUT2D eigenvalue weighted by Gasteiger charge is -2.06. The first kappa shape index (κ1) is 12.5. The minimum absolute atomic E-state index is 0.0152. The Morgan fingerprint density at radius 2 is 1.85 bits per heavy atom. The van der Waals surface area contributed by atoms with Crippen molar-refractivity contribution < 1.29 is 22.7 Å². The van der Waals surface area contributed by atoms with Gasteiger partial charge >= 0.3 is 6.18 Å². The molecule has 2 aromatic carbocycles. The van der Waals surface area contributed by atoms with Crippen LogP contribution in [-0.2, 0) is 6.18 Å². The molecule has 0 fully saturated rings. The lowest BCUT2D eigenvalue weighted by Crippen LogP contribution is -2.04. The van der Waals surface area contributed by atoms with Crippen LogP contribution in [0.15, 0.2) is 46.9 Å². The number of nitrogens with zero attached hydrogens (tertiary/aromatic N) is 1. The van der Waals surface area contributed by atoms with Gasteiger partial charge in [-0.2, -0.15) is 13.2 Å². The topological polar surface area (TPSA) is 46.3 Å². The van der Waals surface area contributed by atoms with Crippen LogP contribution in [0.2, 0.25) is 0 Å². The molecule has 3 aromatic rings. The maximum Gasteiger partial charge on any atom is 0.416 e. The molecule has 0 aliphatic rings. The van der Waals surface area contributed by atoms with E-state index < -0.39 is 11.7 Å². The van der Waals surface area contributed by atoms with Crippen molar-refractivity contribution in [1.82, 2.24) is 4.98 Å². The second kappa shape index (κ2) is 4.26. The molecule has 3 rings (SSSR count). The number of aromatic hydroxyl groups is 1. The summed E-state index contributed by atoms with van der Waals surface area (Å²) in [4.78, 5) is 4.07. The number of alkyl halides is 3. The highest BCUT2D eigenvalue weighted by Gasteiger charge is 2.30. The summed E-state index contributed by atoms with van der Waals surface area (Å²) in [5.74, 6) is 0.0955. The van der Waals surface area contributed by atoms with Gasteiger partial charge in [0.25, 0.3) is 0 Å². The van der Waals surface area contributed by atoms with Gasteiger partial charge in [-0.15, -0.1) is 0 Å². The van der Waals surface area contributed by atoms with E-state index in [9.17, 15) is 18.3 Å². The second-order valence-electron chi connectivity index (χ2n) is 4.25. The number of fused-ring (bicyclic) bond motifs is 1. The van der Waals surface area contributed by atoms with Gasteiger partial charge in [-0.25, -0.2) is 4.98 Å². The van der Waals surface area contributed by atoms with Gasteiger partial charge in [-0.3, -0.25) is 0 Å². The van der Waals surface area contributed by atoms with Crippen LogP contribution in [-0.4, -0.2) is 10.1 Å². The molecule has 6 heteroatoms. The zero-order valence-electron chi connectivity index (χ0n) is 9.98. The van der Waals surface area contributed by atoms with E-state index in [4.69, 9.17) is 4.42 Å². The first-order valence-electron chi connectivity index (χ1n) is 5.71. The molecule has 0 aliphatic carbocycles. The summed E-state index contributed by atoms with van der Waals surface area (Å²) in [6.07, 6.45) is -4.42. The third kappa shape index (κ3) is 2.20. The van der Waals surface area contributed by atoms with E-state index in [0.717, 1.165) is 12.1 Å². The third-order valence-electron chi connectivity index (χ3n) is 2.81. The molecule has 1 aromatic heterocycles. The van der Waals surface area contributed by atoms with E-state index in [0.29, 0.717) is 11.1 Å². The van der Waals surface area contributed by atoms with Crippen molar-refractivity contribution in [3.63, 3.8) is 0 Å². The summed E-state index contributed by atoms with van der Waals surface area (Å²) in [6.45, 7) is 0. The molecule has 102 valence electrons. The molecule has 0 aliphatic heterocycles. The number of halogens is 3. The first-order valence-corrected chi connectivity index (χ1v) is 5.71. The molecule has 0 unspecified atom stereocenters. The van der Waals surface area contributed by atoms with Gasteiger partial charge < -0.3 is 9.52 Å². The highest BCUT2D eigenvalue weighted by Crippen LogP contribution is 2.33. The molecule has 1 N–H and O–H groups in total. The number of rotatable bonds is 1. The maximum atomic E-state index is 12.7. The zero-order valence-corrected chi connectivity index (χ0v) is 9.98. The summed E-state index contributed by atoms with van der Waals surface area (Å²) in [6, 6.07) is 9.06. The van der Waals surface area contributed by atoms with Gasteiger partial charge in [0.2, 0.25) is 5.89 Å². The van der Waals surface area contributed by atoms with Crippen molar-refractivity contribution in [3.05, 3.63) is 48.0 Å². The number of phenolic OH excluding ortho intramolecular Hbond substituents is 1. The lowest BCUT2D eigenvalue weighted by molar-refractivity contribution is -0.137. The first-order chi connectivity index (χ1) is 9.43. The Hall–Kier alpha value is -2.50. The Labute approximate surface area is 111 Å². The highest BCUT2D eigenvalue weighted by atomic mass is 19.4. The van der Waals surface area contributed by atoms with Crippen LogP contribution in [0.4, 0.5) is 13.2 Å². The quantitative estimate of drug-likeness (QED) is 0.725. The standard InChI is InChI=1S/C14H8F3NO2/c15-14(16,17)9-3-1-2-8(6-9)13-18-11-7-10(19)4-5-12(11)20-13/h1-7,19H. The Morgan fingerprint density at radius 1 is 1.05 bits per heavy atom. The van der Waals surface area contributed by atoms with Crippen LogP contribution >= 0.6 is 0 Å². The molecule has 3 nitrogen and oxygen atoms in total. The smallest absolute Gasteiger partial charge is 0.416 e. The van der Waals surface area contributed by atoms with E-state index in [1.54, 1.807) is 0 Å². The molecular formula is C14H8F3NO2. The van der Waals surface area contributed by atoms with E-state index in [-0.39, 0.29) is 17.2 Å². The van der Waals surface area contributed by atoms with Crippen LogP contribution in [0, 0.1) is 0 Å². The minimum atomic E-state index is -4.42. The number of benzene rings is 2. The largest absolute Gasteiger partial charge is 0.508 e. The van der Waals surface area contributed by atoms with Gasteiger partial charge in [0.05, 0.1) is 5.56 Å². The maximum absolute atomic E-state index is 12.7. The Bertz CT molecular complexity index is 777. The lowest BCUT2D eigenvalue weighted by atomic mass is 10.1. The van der Waals surface area contributed by atoms with Crippen LogP contribution in [0.3, 0.4) is 0 Å². The normalized spacial score (nSPS) is 11.9. The predicted octanol–water partition coefficient (Wildman–Crippen LogP) is 4.22. The molecule has 0 saturated heterocycles. The average molecular weight is 279 g/mol. The fourth-order valence-electron chi connectivity index (χ4n) is 1.87. The van der Waals surface area contributed by atoms with Crippen molar-refractivity contribution in [1.29, 1.82) is 0 Å². The molecule has 1 heterocycles. The number of hydrogen-bond acceptors (Lipinski definition) is 3. The van der Waals surface area contributed by atoms with Gasteiger partial charge in [0.1, 0.15) is 11.3 Å². The van der Waals surface area contributed by atoms with Gasteiger partial charge in [0.15, 0.2) is 5.58 Å². The number of phenols is 1. The fraction of sp³-hybridized carbons (Fsp3) is 0.0714. The molecular weight excluding hydrogens is 271 g/mol. The van der Waals surface area contributed by atoms with Crippen LogP contribution in [0.1, 0.15) is 5.56 Å². The summed E-state index contributed by atoms with van der Waals surface area (Å²) in [7, 11) is 0. The van der Waals surface area contributed by atoms with E-state index in [1.165, 1.54) is 30.3 Å². The minimum Gasteiger partial charge on any atom is -0.508 e. The monoisotopic (exact) mass is 279 g/mol. The molecule has 0 radical (unpaired) electrons. The zero-order chi connectivity index (χ0) is 14.3. The predicted molar refractivity (Wildman–Crippen MR) is 66.1 cm³/mol. The van der Waals surface area contributed by atoms with Crippen LogP contribution in [0.5, 0.6) is 5.75 Å². The van der Waals surface area contributed by atoms with Crippen LogP contribution in [0.25, 0.3) is 22.6 Å². The number of oxazole rings is 1. The van der Waals surface area contributed by atoms with E-state index in [1.807, 2.05) is 0 Å². The molecule has 0 saturated carbocycles. The van der Waals surface area contributed by atoms with Crippen molar-refractivity contribution in [2.45, 2.75) is 6.18 Å².